The Labute approximate surface area is 139 Å². The number of hydrogen-bond donors (Lipinski definition) is 0. The first-order valence-corrected chi connectivity index (χ1v) is 9.02. The van der Waals surface area contributed by atoms with E-state index in [9.17, 15) is 4.79 Å². The predicted molar refractivity (Wildman–Crippen MR) is 88.8 cm³/mol. The minimum Gasteiger partial charge on any atom is -0.360 e. The van der Waals surface area contributed by atoms with Crippen LogP contribution in [0.25, 0.3) is 0 Å². The first-order chi connectivity index (χ1) is 11.1. The van der Waals surface area contributed by atoms with Crippen LogP contribution in [-0.2, 0) is 11.3 Å². The fraction of sp³-hybridized carbons (Fsp3) is 0.778. The van der Waals surface area contributed by atoms with Crippen molar-refractivity contribution < 1.29 is 9.32 Å². The lowest BCUT2D eigenvalue weighted by atomic mass is 9.80. The Morgan fingerprint density at radius 1 is 1.30 bits per heavy atom. The Kier molecular flexibility index (Phi) is 5.36. The van der Waals surface area contributed by atoms with Crippen LogP contribution in [-0.4, -0.2) is 47.0 Å². The van der Waals surface area contributed by atoms with Gasteiger partial charge in [-0.1, -0.05) is 24.9 Å². The highest BCUT2D eigenvalue weighted by molar-refractivity contribution is 5.76. The summed E-state index contributed by atoms with van der Waals surface area (Å²) in [5.41, 5.74) is 0.926. The molecule has 1 saturated heterocycles. The fourth-order valence-electron chi connectivity index (χ4n) is 3.99. The van der Waals surface area contributed by atoms with Crippen LogP contribution in [0.4, 0.5) is 0 Å². The lowest BCUT2D eigenvalue weighted by molar-refractivity contribution is -0.134. The van der Waals surface area contributed by atoms with Crippen LogP contribution in [0.2, 0.25) is 0 Å². The Balaban J connectivity index is 1.42. The second-order valence-corrected chi connectivity index (χ2v) is 7.43. The standard InChI is InChI=1S/C18H29N3O2/c1-14-4-3-5-16(10-14)12-18(22)21-8-6-20(7-9-21)13-17-11-15(2)19-23-17/h11,14,16H,3-10,12-13H2,1-2H3/t14-,16-/m0/s1. The molecule has 2 fully saturated rings. The molecule has 5 heteroatoms. The van der Waals surface area contributed by atoms with Crippen LogP contribution in [0.3, 0.4) is 0 Å². The summed E-state index contributed by atoms with van der Waals surface area (Å²) in [6, 6.07) is 1.99. The smallest absolute Gasteiger partial charge is 0.222 e. The first-order valence-electron chi connectivity index (χ1n) is 9.02. The lowest BCUT2D eigenvalue weighted by Crippen LogP contribution is -2.48. The minimum absolute atomic E-state index is 0.360. The largest absolute Gasteiger partial charge is 0.360 e. The summed E-state index contributed by atoms with van der Waals surface area (Å²) >= 11 is 0. The fourth-order valence-corrected chi connectivity index (χ4v) is 3.99. The number of aryl methyl sites for hydroxylation is 1. The van der Waals surface area contributed by atoms with Crippen LogP contribution in [0.5, 0.6) is 0 Å². The van der Waals surface area contributed by atoms with Crippen molar-refractivity contribution in [3.8, 4) is 0 Å². The van der Waals surface area contributed by atoms with Gasteiger partial charge in [-0.2, -0.15) is 0 Å². The van der Waals surface area contributed by atoms with Gasteiger partial charge in [0.05, 0.1) is 12.2 Å². The van der Waals surface area contributed by atoms with Gasteiger partial charge in [-0.15, -0.1) is 0 Å². The number of piperazine rings is 1. The zero-order valence-corrected chi connectivity index (χ0v) is 14.5. The number of nitrogens with zero attached hydrogens (tertiary/aromatic N) is 3. The maximum Gasteiger partial charge on any atom is 0.222 e. The highest BCUT2D eigenvalue weighted by atomic mass is 16.5. The molecule has 2 aliphatic rings. The van der Waals surface area contributed by atoms with Crippen molar-refractivity contribution in [2.45, 2.75) is 52.5 Å². The van der Waals surface area contributed by atoms with Gasteiger partial charge in [-0.25, -0.2) is 0 Å². The van der Waals surface area contributed by atoms with E-state index in [2.05, 4.69) is 21.9 Å². The van der Waals surface area contributed by atoms with E-state index in [1.165, 1.54) is 25.7 Å². The molecule has 1 aliphatic heterocycles. The number of amides is 1. The quantitative estimate of drug-likeness (QED) is 0.856. The van der Waals surface area contributed by atoms with Gasteiger partial charge in [0, 0.05) is 38.7 Å². The molecule has 3 rings (SSSR count). The molecule has 1 amide bonds. The van der Waals surface area contributed by atoms with Gasteiger partial charge in [-0.3, -0.25) is 9.69 Å². The SMILES string of the molecule is Cc1cc(CN2CCN(C(=O)C[C@H]3CCC[C@H](C)C3)CC2)on1. The van der Waals surface area contributed by atoms with Gasteiger partial charge in [0.1, 0.15) is 0 Å². The molecule has 0 radical (unpaired) electrons. The second kappa shape index (κ2) is 7.47. The maximum absolute atomic E-state index is 12.5. The van der Waals surface area contributed by atoms with Crippen molar-refractivity contribution in [1.29, 1.82) is 0 Å². The molecule has 1 saturated carbocycles. The molecular formula is C18H29N3O2. The molecule has 5 nitrogen and oxygen atoms in total. The normalized spacial score (nSPS) is 26.4. The number of carbonyl (C=O) groups is 1. The molecule has 1 aromatic rings. The topological polar surface area (TPSA) is 49.6 Å². The van der Waals surface area contributed by atoms with Gasteiger partial charge in [-0.05, 0) is 31.6 Å². The molecule has 0 bridgehead atoms. The van der Waals surface area contributed by atoms with E-state index in [0.29, 0.717) is 11.8 Å². The minimum atomic E-state index is 0.360. The number of hydrogen-bond acceptors (Lipinski definition) is 4. The Morgan fingerprint density at radius 3 is 2.74 bits per heavy atom. The molecule has 2 heterocycles. The van der Waals surface area contributed by atoms with E-state index in [-0.39, 0.29) is 0 Å². The van der Waals surface area contributed by atoms with Gasteiger partial charge in [0.25, 0.3) is 0 Å². The summed E-state index contributed by atoms with van der Waals surface area (Å²) in [5.74, 6) is 2.68. The molecule has 2 atom stereocenters. The summed E-state index contributed by atoms with van der Waals surface area (Å²) in [6.45, 7) is 8.58. The molecule has 0 spiro atoms. The van der Waals surface area contributed by atoms with Gasteiger partial charge in [0.2, 0.25) is 5.91 Å². The summed E-state index contributed by atoms with van der Waals surface area (Å²) in [5, 5.41) is 3.93. The maximum atomic E-state index is 12.5. The molecule has 0 aromatic carbocycles. The van der Waals surface area contributed by atoms with E-state index < -0.39 is 0 Å². The Bertz CT molecular complexity index is 520. The van der Waals surface area contributed by atoms with E-state index >= 15 is 0 Å². The van der Waals surface area contributed by atoms with Gasteiger partial charge >= 0.3 is 0 Å². The third-order valence-corrected chi connectivity index (χ3v) is 5.29. The average molecular weight is 319 g/mol. The summed E-state index contributed by atoms with van der Waals surface area (Å²) < 4.78 is 5.28. The zero-order chi connectivity index (χ0) is 16.2. The number of aromatic nitrogens is 1. The highest BCUT2D eigenvalue weighted by Crippen LogP contribution is 2.31. The third kappa shape index (κ3) is 4.56. The van der Waals surface area contributed by atoms with Crippen molar-refractivity contribution in [1.82, 2.24) is 15.0 Å². The Morgan fingerprint density at radius 2 is 2.09 bits per heavy atom. The van der Waals surface area contributed by atoms with E-state index in [1.807, 2.05) is 13.0 Å². The van der Waals surface area contributed by atoms with E-state index in [1.54, 1.807) is 0 Å². The number of carbonyl (C=O) groups excluding carboxylic acids is 1. The zero-order valence-electron chi connectivity index (χ0n) is 14.5. The molecular weight excluding hydrogens is 290 g/mol. The lowest BCUT2D eigenvalue weighted by Gasteiger charge is -2.35. The Hall–Kier alpha value is -1.36. The molecule has 1 aromatic heterocycles. The monoisotopic (exact) mass is 319 g/mol. The second-order valence-electron chi connectivity index (χ2n) is 7.43. The van der Waals surface area contributed by atoms with E-state index in [0.717, 1.165) is 56.5 Å². The van der Waals surface area contributed by atoms with Crippen LogP contribution in [0.1, 0.15) is 50.5 Å². The molecule has 1 aliphatic carbocycles. The van der Waals surface area contributed by atoms with Crippen LogP contribution in [0, 0.1) is 18.8 Å². The first kappa shape index (κ1) is 16.5. The van der Waals surface area contributed by atoms with Crippen molar-refractivity contribution in [2.24, 2.45) is 11.8 Å². The van der Waals surface area contributed by atoms with Crippen molar-refractivity contribution >= 4 is 5.91 Å². The molecule has 0 unspecified atom stereocenters. The molecule has 0 N–H and O–H groups in total. The van der Waals surface area contributed by atoms with Gasteiger partial charge in [0.15, 0.2) is 5.76 Å². The van der Waals surface area contributed by atoms with Gasteiger partial charge < -0.3 is 9.42 Å². The summed E-state index contributed by atoms with van der Waals surface area (Å²) in [6.07, 6.45) is 5.86. The van der Waals surface area contributed by atoms with Crippen molar-refractivity contribution in [3.63, 3.8) is 0 Å². The highest BCUT2D eigenvalue weighted by Gasteiger charge is 2.26. The van der Waals surface area contributed by atoms with Crippen molar-refractivity contribution in [2.75, 3.05) is 26.2 Å². The predicted octanol–water partition coefficient (Wildman–Crippen LogP) is 2.84. The van der Waals surface area contributed by atoms with Crippen molar-refractivity contribution in [3.05, 3.63) is 17.5 Å². The summed E-state index contributed by atoms with van der Waals surface area (Å²) in [7, 11) is 0. The third-order valence-electron chi connectivity index (χ3n) is 5.29. The molecule has 23 heavy (non-hydrogen) atoms. The van der Waals surface area contributed by atoms with Crippen LogP contribution >= 0.6 is 0 Å². The summed E-state index contributed by atoms with van der Waals surface area (Å²) in [4.78, 5) is 16.9. The molecule has 128 valence electrons. The van der Waals surface area contributed by atoms with Crippen LogP contribution in [0.15, 0.2) is 10.6 Å². The van der Waals surface area contributed by atoms with E-state index in [4.69, 9.17) is 4.52 Å². The average Bonchev–Trinajstić information content (AvgIpc) is 2.93. The van der Waals surface area contributed by atoms with Crippen LogP contribution < -0.4 is 0 Å². The number of rotatable bonds is 4.